The molecule has 0 fully saturated rings. The lowest BCUT2D eigenvalue weighted by Gasteiger charge is -2.06. The van der Waals surface area contributed by atoms with E-state index in [0.29, 0.717) is 5.56 Å². The molecule has 0 radical (unpaired) electrons. The third-order valence-electron chi connectivity index (χ3n) is 3.08. The van der Waals surface area contributed by atoms with Crippen LogP contribution in [0.5, 0.6) is 0 Å². The summed E-state index contributed by atoms with van der Waals surface area (Å²) in [5, 5.41) is 11.1. The van der Waals surface area contributed by atoms with Crippen LogP contribution < -0.4 is 0 Å². The van der Waals surface area contributed by atoms with Crippen molar-refractivity contribution in [1.82, 2.24) is 0 Å². The van der Waals surface area contributed by atoms with Crippen LogP contribution in [0.25, 0.3) is 6.08 Å². The van der Waals surface area contributed by atoms with Gasteiger partial charge in [-0.15, -0.1) is 0 Å². The highest BCUT2D eigenvalue weighted by Gasteiger charge is 2.28. The van der Waals surface area contributed by atoms with Crippen LogP contribution in [-0.2, 0) is 0 Å². The second-order valence-corrected chi connectivity index (χ2v) is 4.58. The topological polar surface area (TPSA) is 60.2 Å². The summed E-state index contributed by atoms with van der Waals surface area (Å²) in [5.41, 5.74) is 1.32. The standard InChI is InChI=1S/C17H15NO3/c19-17(15-11-5-2-6-12-15)16(18(20)21)13-7-10-14-8-3-1-4-9-14/h1-12,16H,13H2/b10-7+. The summed E-state index contributed by atoms with van der Waals surface area (Å²) in [6.07, 6.45) is 3.54. The predicted octanol–water partition coefficient (Wildman–Crippen LogP) is 3.62. The molecule has 2 aromatic rings. The van der Waals surface area contributed by atoms with E-state index < -0.39 is 16.7 Å². The van der Waals surface area contributed by atoms with E-state index in [2.05, 4.69) is 0 Å². The molecule has 0 aromatic heterocycles. The Morgan fingerprint density at radius 2 is 1.62 bits per heavy atom. The number of nitrogens with zero attached hydrogens (tertiary/aromatic N) is 1. The van der Waals surface area contributed by atoms with Crippen molar-refractivity contribution in [3.05, 3.63) is 88.0 Å². The van der Waals surface area contributed by atoms with E-state index >= 15 is 0 Å². The summed E-state index contributed by atoms with van der Waals surface area (Å²) in [5.74, 6) is -0.460. The van der Waals surface area contributed by atoms with Crippen LogP contribution in [0.4, 0.5) is 0 Å². The number of carbonyl (C=O) groups is 1. The molecule has 2 rings (SSSR count). The smallest absolute Gasteiger partial charge is 0.278 e. The summed E-state index contributed by atoms with van der Waals surface area (Å²) < 4.78 is 0. The van der Waals surface area contributed by atoms with Crippen LogP contribution in [0.1, 0.15) is 22.3 Å². The minimum absolute atomic E-state index is 0.0790. The fourth-order valence-corrected chi connectivity index (χ4v) is 1.98. The van der Waals surface area contributed by atoms with Gasteiger partial charge in [0, 0.05) is 16.9 Å². The molecule has 0 N–H and O–H groups in total. The van der Waals surface area contributed by atoms with Gasteiger partial charge in [-0.2, -0.15) is 0 Å². The first-order valence-electron chi connectivity index (χ1n) is 6.63. The molecule has 0 aliphatic heterocycles. The second-order valence-electron chi connectivity index (χ2n) is 4.58. The minimum atomic E-state index is -1.24. The van der Waals surface area contributed by atoms with E-state index in [-0.39, 0.29) is 6.42 Å². The van der Waals surface area contributed by atoms with Gasteiger partial charge in [0.05, 0.1) is 0 Å². The van der Waals surface area contributed by atoms with Crippen LogP contribution in [0.2, 0.25) is 0 Å². The Bertz CT molecular complexity index is 636. The van der Waals surface area contributed by atoms with Gasteiger partial charge < -0.3 is 0 Å². The number of nitro groups is 1. The number of rotatable bonds is 6. The maximum atomic E-state index is 12.2. The molecule has 1 atom stereocenters. The molecule has 21 heavy (non-hydrogen) atoms. The monoisotopic (exact) mass is 281 g/mol. The quantitative estimate of drug-likeness (QED) is 0.461. The van der Waals surface area contributed by atoms with E-state index in [1.807, 2.05) is 30.3 Å². The highest BCUT2D eigenvalue weighted by Crippen LogP contribution is 2.11. The molecule has 0 aliphatic rings. The minimum Gasteiger partial charge on any atom is -0.286 e. The summed E-state index contributed by atoms with van der Waals surface area (Å²) in [4.78, 5) is 22.7. The van der Waals surface area contributed by atoms with Crippen molar-refractivity contribution < 1.29 is 9.72 Å². The molecule has 4 nitrogen and oxygen atoms in total. The molecule has 0 spiro atoms. The SMILES string of the molecule is O=C(c1ccccc1)C(C/C=C/c1ccccc1)[N+](=O)[O-]. The van der Waals surface area contributed by atoms with Crippen LogP contribution in [0.15, 0.2) is 66.7 Å². The summed E-state index contributed by atoms with van der Waals surface area (Å²) >= 11 is 0. The number of carbonyl (C=O) groups excluding carboxylic acids is 1. The predicted molar refractivity (Wildman–Crippen MR) is 81.6 cm³/mol. The highest BCUT2D eigenvalue weighted by molar-refractivity contribution is 5.99. The molecule has 0 saturated heterocycles. The lowest BCUT2D eigenvalue weighted by Crippen LogP contribution is -2.29. The zero-order valence-electron chi connectivity index (χ0n) is 11.4. The van der Waals surface area contributed by atoms with Crippen molar-refractivity contribution in [2.24, 2.45) is 0 Å². The lowest BCUT2D eigenvalue weighted by atomic mass is 10.0. The molecule has 0 bridgehead atoms. The average molecular weight is 281 g/mol. The largest absolute Gasteiger partial charge is 0.286 e. The van der Waals surface area contributed by atoms with E-state index in [1.165, 1.54) is 0 Å². The maximum absolute atomic E-state index is 12.2. The Morgan fingerprint density at radius 1 is 1.05 bits per heavy atom. The van der Waals surface area contributed by atoms with Gasteiger partial charge in [-0.05, 0) is 5.56 Å². The molecule has 4 heteroatoms. The van der Waals surface area contributed by atoms with Gasteiger partial charge in [-0.3, -0.25) is 14.9 Å². The lowest BCUT2D eigenvalue weighted by molar-refractivity contribution is -0.504. The number of Topliss-reactive ketones (excluding diaryl/α,β-unsaturated/α-hetero) is 1. The van der Waals surface area contributed by atoms with E-state index in [9.17, 15) is 14.9 Å². The number of hydrogen-bond acceptors (Lipinski definition) is 3. The molecule has 0 heterocycles. The summed E-state index contributed by atoms with van der Waals surface area (Å²) in [7, 11) is 0. The van der Waals surface area contributed by atoms with Gasteiger partial charge in [0.15, 0.2) is 0 Å². The number of ketones is 1. The van der Waals surface area contributed by atoms with Gasteiger partial charge in [-0.25, -0.2) is 0 Å². The van der Waals surface area contributed by atoms with E-state index in [0.717, 1.165) is 5.56 Å². The molecule has 0 saturated carbocycles. The summed E-state index contributed by atoms with van der Waals surface area (Å²) in [6.45, 7) is 0. The van der Waals surface area contributed by atoms with Crippen LogP contribution >= 0.6 is 0 Å². The van der Waals surface area contributed by atoms with Gasteiger partial charge in [0.1, 0.15) is 0 Å². The van der Waals surface area contributed by atoms with Crippen molar-refractivity contribution in [3.63, 3.8) is 0 Å². The zero-order chi connectivity index (χ0) is 15.1. The molecule has 0 amide bonds. The van der Waals surface area contributed by atoms with Crippen molar-refractivity contribution in [3.8, 4) is 0 Å². The number of hydrogen-bond donors (Lipinski definition) is 0. The van der Waals surface area contributed by atoms with Crippen molar-refractivity contribution >= 4 is 11.9 Å². The Labute approximate surface area is 122 Å². The first-order valence-corrected chi connectivity index (χ1v) is 6.63. The van der Waals surface area contributed by atoms with Crippen LogP contribution in [0.3, 0.4) is 0 Å². The van der Waals surface area contributed by atoms with Gasteiger partial charge in [-0.1, -0.05) is 72.8 Å². The Morgan fingerprint density at radius 3 is 2.19 bits per heavy atom. The average Bonchev–Trinajstić information content (AvgIpc) is 2.52. The van der Waals surface area contributed by atoms with Crippen molar-refractivity contribution in [2.75, 3.05) is 0 Å². The zero-order valence-corrected chi connectivity index (χ0v) is 11.4. The Hall–Kier alpha value is -2.75. The molecular formula is C17H15NO3. The normalized spacial score (nSPS) is 12.2. The second kappa shape index (κ2) is 7.14. The molecular weight excluding hydrogens is 266 g/mol. The molecule has 106 valence electrons. The molecule has 2 aromatic carbocycles. The molecule has 1 unspecified atom stereocenters. The third kappa shape index (κ3) is 4.11. The fourth-order valence-electron chi connectivity index (χ4n) is 1.98. The maximum Gasteiger partial charge on any atom is 0.278 e. The van der Waals surface area contributed by atoms with E-state index in [4.69, 9.17) is 0 Å². The Kier molecular flexibility index (Phi) is 4.99. The summed E-state index contributed by atoms with van der Waals surface area (Å²) in [6, 6.07) is 16.6. The fraction of sp³-hybridized carbons (Fsp3) is 0.118. The van der Waals surface area contributed by atoms with Crippen molar-refractivity contribution in [2.45, 2.75) is 12.5 Å². The Balaban J connectivity index is 2.08. The van der Waals surface area contributed by atoms with Crippen LogP contribution in [-0.4, -0.2) is 16.7 Å². The van der Waals surface area contributed by atoms with Gasteiger partial charge in [0.2, 0.25) is 5.78 Å². The molecule has 0 aliphatic carbocycles. The first kappa shape index (κ1) is 14.7. The van der Waals surface area contributed by atoms with Gasteiger partial charge >= 0.3 is 0 Å². The van der Waals surface area contributed by atoms with Crippen molar-refractivity contribution in [1.29, 1.82) is 0 Å². The third-order valence-corrected chi connectivity index (χ3v) is 3.08. The van der Waals surface area contributed by atoms with Gasteiger partial charge in [0.25, 0.3) is 6.04 Å². The first-order chi connectivity index (χ1) is 10.2. The van der Waals surface area contributed by atoms with Crippen LogP contribution in [0, 0.1) is 10.1 Å². The highest BCUT2D eigenvalue weighted by atomic mass is 16.6. The van der Waals surface area contributed by atoms with E-state index in [1.54, 1.807) is 42.5 Å². The number of benzene rings is 2.